The van der Waals surface area contributed by atoms with Gasteiger partial charge in [0.1, 0.15) is 0 Å². The molecule has 0 unspecified atom stereocenters. The average Bonchev–Trinajstić information content (AvgIpc) is 2.07. The molecule has 58 valence electrons. The van der Waals surface area contributed by atoms with Gasteiger partial charge in [-0.3, -0.25) is 0 Å². The van der Waals surface area contributed by atoms with Crippen LogP contribution in [0.15, 0.2) is 29.3 Å². The molecule has 0 aromatic rings. The molecule has 0 spiro atoms. The van der Waals surface area contributed by atoms with Crippen molar-refractivity contribution in [1.82, 2.24) is 0 Å². The first-order valence-corrected chi connectivity index (χ1v) is 3.76. The molecule has 0 amide bonds. The van der Waals surface area contributed by atoms with Crippen molar-refractivity contribution in [2.24, 2.45) is 4.99 Å². The van der Waals surface area contributed by atoms with Crippen molar-refractivity contribution in [3.05, 3.63) is 24.3 Å². The largest absolute Gasteiger partial charge is 0.235 e. The van der Waals surface area contributed by atoms with Crippen LogP contribution >= 0.6 is 0 Å². The van der Waals surface area contributed by atoms with E-state index in [-0.39, 0.29) is 5.54 Å². The van der Waals surface area contributed by atoms with Crippen molar-refractivity contribution in [2.45, 2.75) is 25.3 Å². The third-order valence-corrected chi connectivity index (χ3v) is 2.01. The minimum absolute atomic E-state index is 0.295. The van der Waals surface area contributed by atoms with Crippen LogP contribution in [0.3, 0.4) is 0 Å². The Kier molecular flexibility index (Phi) is 2.40. The fourth-order valence-corrected chi connectivity index (χ4v) is 1.17. The molecule has 0 N–H and O–H groups in total. The van der Waals surface area contributed by atoms with E-state index in [1.54, 1.807) is 6.08 Å². The van der Waals surface area contributed by atoms with E-state index in [4.69, 9.17) is 0 Å². The van der Waals surface area contributed by atoms with Gasteiger partial charge in [-0.25, -0.2) is 4.79 Å². The minimum Gasteiger partial charge on any atom is -0.211 e. The van der Waals surface area contributed by atoms with Gasteiger partial charge in [0.15, 0.2) is 0 Å². The van der Waals surface area contributed by atoms with Crippen LogP contribution in [-0.2, 0) is 4.79 Å². The van der Waals surface area contributed by atoms with E-state index < -0.39 is 0 Å². The standard InChI is InChI=1S/C9H11NO/c1-2-9(10-8-11)6-4-3-5-7-9/h3-6H,2,7H2,1H3/t9-/m1/s1. The van der Waals surface area contributed by atoms with Crippen LogP contribution in [0.4, 0.5) is 0 Å². The molecule has 0 bridgehead atoms. The number of rotatable bonds is 2. The van der Waals surface area contributed by atoms with Gasteiger partial charge in [0, 0.05) is 0 Å². The number of hydrogen-bond acceptors (Lipinski definition) is 2. The zero-order chi connectivity index (χ0) is 8.16. The topological polar surface area (TPSA) is 29.4 Å². The fraction of sp³-hybridized carbons (Fsp3) is 0.444. The van der Waals surface area contributed by atoms with Crippen LogP contribution in [0.5, 0.6) is 0 Å². The smallest absolute Gasteiger partial charge is 0.211 e. The summed E-state index contributed by atoms with van der Waals surface area (Å²) in [6.07, 6.45) is 11.1. The number of aliphatic imine (C=N–C) groups is 1. The molecule has 0 heterocycles. The number of carbonyl (C=O) groups excluding carboxylic acids is 1. The molecule has 0 fully saturated rings. The molecule has 1 aliphatic rings. The lowest BCUT2D eigenvalue weighted by Gasteiger charge is -2.22. The van der Waals surface area contributed by atoms with Crippen LogP contribution in [0.2, 0.25) is 0 Å². The third kappa shape index (κ3) is 1.66. The minimum atomic E-state index is -0.295. The summed E-state index contributed by atoms with van der Waals surface area (Å²) in [5.41, 5.74) is -0.295. The Balaban J connectivity index is 2.84. The van der Waals surface area contributed by atoms with Crippen molar-refractivity contribution in [1.29, 1.82) is 0 Å². The molecule has 1 aliphatic carbocycles. The Hall–Kier alpha value is -1.14. The molecule has 0 saturated heterocycles. The monoisotopic (exact) mass is 149 g/mol. The summed E-state index contributed by atoms with van der Waals surface area (Å²) in [5, 5.41) is 0. The molecule has 0 aromatic carbocycles. The van der Waals surface area contributed by atoms with Crippen LogP contribution in [0, 0.1) is 0 Å². The normalized spacial score (nSPS) is 28.1. The second-order valence-corrected chi connectivity index (χ2v) is 2.65. The van der Waals surface area contributed by atoms with E-state index in [2.05, 4.69) is 4.99 Å². The van der Waals surface area contributed by atoms with Gasteiger partial charge in [-0.05, 0) is 12.8 Å². The van der Waals surface area contributed by atoms with Gasteiger partial charge >= 0.3 is 0 Å². The van der Waals surface area contributed by atoms with Crippen molar-refractivity contribution in [2.75, 3.05) is 0 Å². The Morgan fingerprint density at radius 2 is 2.45 bits per heavy atom. The first kappa shape index (κ1) is 7.96. The molecule has 11 heavy (non-hydrogen) atoms. The molecule has 2 heteroatoms. The quantitative estimate of drug-likeness (QED) is 0.436. The van der Waals surface area contributed by atoms with Crippen LogP contribution < -0.4 is 0 Å². The molecule has 0 saturated carbocycles. The van der Waals surface area contributed by atoms with Crippen LogP contribution in [0.25, 0.3) is 0 Å². The van der Waals surface area contributed by atoms with E-state index in [0.717, 1.165) is 12.8 Å². The summed E-state index contributed by atoms with van der Waals surface area (Å²) in [5.74, 6) is 0. The van der Waals surface area contributed by atoms with Gasteiger partial charge < -0.3 is 0 Å². The summed E-state index contributed by atoms with van der Waals surface area (Å²) >= 11 is 0. The summed E-state index contributed by atoms with van der Waals surface area (Å²) in [6.45, 7) is 2.02. The van der Waals surface area contributed by atoms with Gasteiger partial charge in [0.2, 0.25) is 6.08 Å². The maximum atomic E-state index is 10.1. The number of hydrogen-bond donors (Lipinski definition) is 0. The molecular formula is C9H11NO. The second-order valence-electron chi connectivity index (χ2n) is 2.65. The summed E-state index contributed by atoms with van der Waals surface area (Å²) < 4.78 is 0. The Morgan fingerprint density at radius 3 is 2.91 bits per heavy atom. The highest BCUT2D eigenvalue weighted by Crippen LogP contribution is 2.25. The molecule has 2 nitrogen and oxygen atoms in total. The number of allylic oxidation sites excluding steroid dienone is 2. The molecule has 1 rings (SSSR count). The number of nitrogens with zero attached hydrogens (tertiary/aromatic N) is 1. The maximum absolute atomic E-state index is 10.1. The van der Waals surface area contributed by atoms with Gasteiger partial charge in [-0.15, -0.1) is 0 Å². The van der Waals surface area contributed by atoms with E-state index in [1.165, 1.54) is 0 Å². The third-order valence-electron chi connectivity index (χ3n) is 2.01. The molecule has 0 aliphatic heterocycles. The fourth-order valence-electron chi connectivity index (χ4n) is 1.17. The average molecular weight is 149 g/mol. The molecule has 0 aromatic heterocycles. The summed E-state index contributed by atoms with van der Waals surface area (Å²) in [4.78, 5) is 13.9. The van der Waals surface area contributed by atoms with Crippen LogP contribution in [0.1, 0.15) is 19.8 Å². The zero-order valence-electron chi connectivity index (χ0n) is 6.58. The molecule has 1 atom stereocenters. The summed E-state index contributed by atoms with van der Waals surface area (Å²) in [6, 6.07) is 0. The lowest BCUT2D eigenvalue weighted by Crippen LogP contribution is -2.22. The predicted molar refractivity (Wildman–Crippen MR) is 44.0 cm³/mol. The zero-order valence-corrected chi connectivity index (χ0v) is 6.58. The highest BCUT2D eigenvalue weighted by molar-refractivity contribution is 5.37. The van der Waals surface area contributed by atoms with Gasteiger partial charge in [-0.2, -0.15) is 4.99 Å². The van der Waals surface area contributed by atoms with Gasteiger partial charge in [-0.1, -0.05) is 31.2 Å². The lowest BCUT2D eigenvalue weighted by molar-refractivity contribution is 0.499. The van der Waals surface area contributed by atoms with Gasteiger partial charge in [0.25, 0.3) is 0 Å². The Bertz CT molecular complexity index is 236. The van der Waals surface area contributed by atoms with Crippen molar-refractivity contribution >= 4 is 6.08 Å². The van der Waals surface area contributed by atoms with Crippen LogP contribution in [-0.4, -0.2) is 11.6 Å². The first-order chi connectivity index (χ1) is 5.33. The van der Waals surface area contributed by atoms with Gasteiger partial charge in [0.05, 0.1) is 5.54 Å². The van der Waals surface area contributed by atoms with Crippen molar-refractivity contribution in [3.63, 3.8) is 0 Å². The second kappa shape index (κ2) is 3.31. The van der Waals surface area contributed by atoms with Crippen molar-refractivity contribution < 1.29 is 4.79 Å². The SMILES string of the molecule is CC[C@@]1(N=C=O)C=CC=CC1. The van der Waals surface area contributed by atoms with E-state index in [9.17, 15) is 4.79 Å². The summed E-state index contributed by atoms with van der Waals surface area (Å²) in [7, 11) is 0. The Labute approximate surface area is 66.3 Å². The van der Waals surface area contributed by atoms with Crippen molar-refractivity contribution in [3.8, 4) is 0 Å². The lowest BCUT2D eigenvalue weighted by atomic mass is 9.89. The van der Waals surface area contributed by atoms with E-state index in [0.29, 0.717) is 0 Å². The molecular weight excluding hydrogens is 138 g/mol. The maximum Gasteiger partial charge on any atom is 0.235 e. The highest BCUT2D eigenvalue weighted by atomic mass is 16.1. The Morgan fingerprint density at radius 1 is 1.64 bits per heavy atom. The highest BCUT2D eigenvalue weighted by Gasteiger charge is 2.23. The predicted octanol–water partition coefficient (Wildman–Crippen LogP) is 1.99. The van der Waals surface area contributed by atoms with E-state index >= 15 is 0 Å². The molecule has 0 radical (unpaired) electrons. The first-order valence-electron chi connectivity index (χ1n) is 3.76. The number of isocyanates is 1. The van der Waals surface area contributed by atoms with E-state index in [1.807, 2.05) is 31.2 Å².